The van der Waals surface area contributed by atoms with E-state index >= 15 is 0 Å². The maximum atomic E-state index is 13.5. The van der Waals surface area contributed by atoms with Gasteiger partial charge in [-0.3, -0.25) is 4.79 Å². The molecule has 0 aromatic heterocycles. The van der Waals surface area contributed by atoms with Gasteiger partial charge in [0.1, 0.15) is 5.56 Å². The van der Waals surface area contributed by atoms with Gasteiger partial charge in [0.2, 0.25) is 0 Å². The smallest absolute Gasteiger partial charge is 0.420 e. The van der Waals surface area contributed by atoms with Crippen molar-refractivity contribution in [1.82, 2.24) is 0 Å². The van der Waals surface area contributed by atoms with E-state index in [0.717, 1.165) is 6.07 Å². The van der Waals surface area contributed by atoms with E-state index in [1.54, 1.807) is 0 Å². The molecule has 0 N–H and O–H groups in total. The summed E-state index contributed by atoms with van der Waals surface area (Å²) in [6.07, 6.45) is -4.67. The summed E-state index contributed by atoms with van der Waals surface area (Å²) in [5.74, 6) is -2.39. The molecular formula is C10H8F4O3. The lowest BCUT2D eigenvalue weighted by Gasteiger charge is -2.14. The van der Waals surface area contributed by atoms with Gasteiger partial charge >= 0.3 is 6.18 Å². The van der Waals surface area contributed by atoms with Gasteiger partial charge in [0.05, 0.1) is 5.56 Å². The Morgan fingerprint density at radius 1 is 1.35 bits per heavy atom. The Labute approximate surface area is 93.9 Å². The summed E-state index contributed by atoms with van der Waals surface area (Å²) in [6.45, 7) is -0.553. The highest BCUT2D eigenvalue weighted by atomic mass is 19.4. The van der Waals surface area contributed by atoms with Crippen LogP contribution in [-0.4, -0.2) is 20.2 Å². The molecule has 0 saturated heterocycles. The monoisotopic (exact) mass is 252 g/mol. The fourth-order valence-corrected chi connectivity index (χ4v) is 1.14. The number of carbonyl (C=O) groups excluding carboxylic acids is 1. The van der Waals surface area contributed by atoms with E-state index in [-0.39, 0.29) is 6.29 Å². The zero-order chi connectivity index (χ0) is 13.1. The molecule has 94 valence electrons. The zero-order valence-electron chi connectivity index (χ0n) is 8.68. The molecule has 1 rings (SSSR count). The SMILES string of the molecule is COCOc1c(C(F)(F)F)ccc(C=O)c1F. The summed E-state index contributed by atoms with van der Waals surface area (Å²) < 4.78 is 59.9. The average Bonchev–Trinajstić information content (AvgIpc) is 2.25. The fraction of sp³-hybridized carbons (Fsp3) is 0.300. The molecule has 0 unspecified atom stereocenters. The Morgan fingerprint density at radius 2 is 2.00 bits per heavy atom. The minimum atomic E-state index is -4.77. The van der Waals surface area contributed by atoms with E-state index in [4.69, 9.17) is 0 Å². The van der Waals surface area contributed by atoms with Gasteiger partial charge in [0, 0.05) is 7.11 Å². The van der Waals surface area contributed by atoms with Crippen LogP contribution < -0.4 is 4.74 Å². The van der Waals surface area contributed by atoms with Crippen LogP contribution in [0.5, 0.6) is 5.75 Å². The number of methoxy groups -OCH3 is 1. The second kappa shape index (κ2) is 5.13. The van der Waals surface area contributed by atoms with Crippen LogP contribution in [0.1, 0.15) is 15.9 Å². The first-order valence-electron chi connectivity index (χ1n) is 4.38. The minimum absolute atomic E-state index is 0.106. The molecule has 17 heavy (non-hydrogen) atoms. The van der Waals surface area contributed by atoms with Crippen molar-refractivity contribution in [3.05, 3.63) is 29.1 Å². The van der Waals surface area contributed by atoms with Crippen LogP contribution in [0, 0.1) is 5.82 Å². The first kappa shape index (κ1) is 13.4. The molecule has 3 nitrogen and oxygen atoms in total. The van der Waals surface area contributed by atoms with Gasteiger partial charge in [-0.2, -0.15) is 13.2 Å². The molecule has 0 atom stereocenters. The number of hydrogen-bond donors (Lipinski definition) is 0. The van der Waals surface area contributed by atoms with Crippen molar-refractivity contribution < 1.29 is 31.8 Å². The van der Waals surface area contributed by atoms with Crippen LogP contribution in [0.4, 0.5) is 17.6 Å². The van der Waals surface area contributed by atoms with Crippen LogP contribution in [0.3, 0.4) is 0 Å². The first-order valence-corrected chi connectivity index (χ1v) is 4.38. The van der Waals surface area contributed by atoms with Gasteiger partial charge in [0.25, 0.3) is 0 Å². The number of benzene rings is 1. The summed E-state index contributed by atoms with van der Waals surface area (Å²) in [5.41, 5.74) is -1.80. The van der Waals surface area contributed by atoms with Crippen molar-refractivity contribution in [2.75, 3.05) is 13.9 Å². The lowest BCUT2D eigenvalue weighted by atomic mass is 10.1. The highest BCUT2D eigenvalue weighted by Crippen LogP contribution is 2.38. The topological polar surface area (TPSA) is 35.5 Å². The predicted octanol–water partition coefficient (Wildman–Crippen LogP) is 2.64. The molecule has 0 spiro atoms. The van der Waals surface area contributed by atoms with Crippen LogP contribution in [0.25, 0.3) is 0 Å². The quantitative estimate of drug-likeness (QED) is 0.469. The van der Waals surface area contributed by atoms with Gasteiger partial charge in [-0.15, -0.1) is 0 Å². The van der Waals surface area contributed by atoms with E-state index in [1.807, 2.05) is 0 Å². The Bertz CT molecular complexity index is 415. The summed E-state index contributed by atoms with van der Waals surface area (Å²) in [7, 11) is 1.18. The number of halogens is 4. The molecule has 0 saturated carbocycles. The lowest BCUT2D eigenvalue weighted by molar-refractivity contribution is -0.140. The van der Waals surface area contributed by atoms with Crippen molar-refractivity contribution in [2.24, 2.45) is 0 Å². The summed E-state index contributed by atoms with van der Waals surface area (Å²) in [4.78, 5) is 10.4. The molecule has 0 aliphatic heterocycles. The van der Waals surface area contributed by atoms with Gasteiger partial charge in [0.15, 0.2) is 24.6 Å². The van der Waals surface area contributed by atoms with Crippen LogP contribution in [0.2, 0.25) is 0 Å². The summed E-state index contributed by atoms with van der Waals surface area (Å²) >= 11 is 0. The molecule has 1 aromatic carbocycles. The number of aldehydes is 1. The Kier molecular flexibility index (Phi) is 4.06. The molecule has 1 aromatic rings. The van der Waals surface area contributed by atoms with Crippen LogP contribution >= 0.6 is 0 Å². The Hall–Kier alpha value is -1.63. The minimum Gasteiger partial charge on any atom is -0.464 e. The van der Waals surface area contributed by atoms with Crippen molar-refractivity contribution in [3.63, 3.8) is 0 Å². The molecule has 0 aliphatic rings. The highest BCUT2D eigenvalue weighted by Gasteiger charge is 2.36. The summed E-state index contributed by atoms with van der Waals surface area (Å²) in [6, 6.07) is 1.32. The van der Waals surface area contributed by atoms with Crippen LogP contribution in [-0.2, 0) is 10.9 Å². The molecule has 0 heterocycles. The number of alkyl halides is 3. The van der Waals surface area contributed by atoms with Crippen LogP contribution in [0.15, 0.2) is 12.1 Å². The third-order valence-corrected chi connectivity index (χ3v) is 1.88. The molecule has 0 amide bonds. The normalized spacial score (nSPS) is 11.4. The number of hydrogen-bond acceptors (Lipinski definition) is 3. The van der Waals surface area contributed by atoms with E-state index in [1.165, 1.54) is 7.11 Å². The standard InChI is InChI=1S/C10H8F4O3/c1-16-5-17-9-7(10(12,13)14)3-2-6(4-15)8(9)11/h2-4H,5H2,1H3. The first-order chi connectivity index (χ1) is 7.91. The Balaban J connectivity index is 3.30. The van der Waals surface area contributed by atoms with Gasteiger partial charge < -0.3 is 9.47 Å². The van der Waals surface area contributed by atoms with Crippen molar-refractivity contribution >= 4 is 6.29 Å². The molecule has 0 radical (unpaired) electrons. The fourth-order valence-electron chi connectivity index (χ4n) is 1.14. The lowest BCUT2D eigenvalue weighted by Crippen LogP contribution is -2.12. The maximum absolute atomic E-state index is 13.5. The average molecular weight is 252 g/mol. The van der Waals surface area contributed by atoms with Crippen molar-refractivity contribution in [2.45, 2.75) is 6.18 Å². The van der Waals surface area contributed by atoms with Gasteiger partial charge in [-0.1, -0.05) is 0 Å². The summed E-state index contributed by atoms with van der Waals surface area (Å²) in [5, 5.41) is 0. The second-order valence-electron chi connectivity index (χ2n) is 3.01. The number of ether oxygens (including phenoxy) is 2. The third kappa shape index (κ3) is 2.94. The largest absolute Gasteiger partial charge is 0.464 e. The molecule has 0 bridgehead atoms. The Morgan fingerprint density at radius 3 is 2.47 bits per heavy atom. The van der Waals surface area contributed by atoms with E-state index in [9.17, 15) is 22.4 Å². The zero-order valence-corrected chi connectivity index (χ0v) is 8.68. The van der Waals surface area contributed by atoms with Gasteiger partial charge in [-0.25, -0.2) is 4.39 Å². The molecular weight excluding hydrogens is 244 g/mol. The predicted molar refractivity (Wildman–Crippen MR) is 49.3 cm³/mol. The number of rotatable bonds is 4. The number of carbonyl (C=O) groups is 1. The second-order valence-corrected chi connectivity index (χ2v) is 3.01. The molecule has 0 fully saturated rings. The molecule has 0 aliphatic carbocycles. The molecule has 7 heteroatoms. The van der Waals surface area contributed by atoms with E-state index in [2.05, 4.69) is 9.47 Å². The van der Waals surface area contributed by atoms with Gasteiger partial charge in [-0.05, 0) is 12.1 Å². The highest BCUT2D eigenvalue weighted by molar-refractivity contribution is 5.76. The van der Waals surface area contributed by atoms with E-state index < -0.39 is 35.7 Å². The maximum Gasteiger partial charge on any atom is 0.420 e. The van der Waals surface area contributed by atoms with Crippen molar-refractivity contribution in [1.29, 1.82) is 0 Å². The van der Waals surface area contributed by atoms with Crippen molar-refractivity contribution in [3.8, 4) is 5.75 Å². The third-order valence-electron chi connectivity index (χ3n) is 1.88. The van der Waals surface area contributed by atoms with E-state index in [0.29, 0.717) is 6.07 Å².